The van der Waals surface area contributed by atoms with Crippen molar-refractivity contribution in [1.29, 1.82) is 0 Å². The van der Waals surface area contributed by atoms with Gasteiger partial charge in [-0.25, -0.2) is 9.50 Å². The molecule has 0 aliphatic carbocycles. The van der Waals surface area contributed by atoms with Gasteiger partial charge in [0.1, 0.15) is 0 Å². The molecule has 0 atom stereocenters. The second-order valence-electron chi connectivity index (χ2n) is 3.09. The van der Waals surface area contributed by atoms with E-state index in [4.69, 9.17) is 5.73 Å². The Bertz CT molecular complexity index is 610. The van der Waals surface area contributed by atoms with Crippen molar-refractivity contribution < 1.29 is 0 Å². The fourth-order valence-electron chi connectivity index (χ4n) is 1.48. The van der Waals surface area contributed by atoms with E-state index in [0.29, 0.717) is 0 Å². The van der Waals surface area contributed by atoms with Crippen LogP contribution in [0.1, 0.15) is 0 Å². The normalized spacial score (nSPS) is 10.9. The first kappa shape index (κ1) is 8.43. The molecule has 1 radical (unpaired) electrons. The Kier molecular flexibility index (Phi) is 1.72. The molecule has 3 aromatic rings. The fraction of sp³-hybridized carbons (Fsp3) is 0. The number of hydrogen-bond donors (Lipinski definition) is 1. The van der Waals surface area contributed by atoms with Gasteiger partial charge in [-0.2, -0.15) is 5.10 Å². The summed E-state index contributed by atoms with van der Waals surface area (Å²) < 4.78 is 1.75. The summed E-state index contributed by atoms with van der Waals surface area (Å²) in [4.78, 5) is 4.15. The molecule has 0 spiro atoms. The van der Waals surface area contributed by atoms with Crippen molar-refractivity contribution in [2.24, 2.45) is 0 Å². The lowest BCUT2D eigenvalue weighted by Gasteiger charge is -2.00. The summed E-state index contributed by atoms with van der Waals surface area (Å²) in [5, 5.41) is 6.97. The van der Waals surface area contributed by atoms with Crippen LogP contribution in [0.15, 0.2) is 29.9 Å². The first-order valence-corrected chi connectivity index (χ1v) is 5.27. The second kappa shape index (κ2) is 3.06. The van der Waals surface area contributed by atoms with Crippen molar-refractivity contribution in [2.45, 2.75) is 0 Å². The Morgan fingerprint density at radius 3 is 3.20 bits per heavy atom. The van der Waals surface area contributed by atoms with Crippen molar-refractivity contribution in [2.75, 3.05) is 5.73 Å². The predicted molar refractivity (Wildman–Crippen MR) is 59.5 cm³/mol. The molecule has 0 saturated heterocycles. The minimum absolute atomic E-state index is 0.720. The van der Waals surface area contributed by atoms with Crippen LogP contribution in [0, 0.1) is 6.07 Å². The van der Waals surface area contributed by atoms with E-state index in [-0.39, 0.29) is 0 Å². The van der Waals surface area contributed by atoms with Crippen LogP contribution >= 0.6 is 11.3 Å². The van der Waals surface area contributed by atoms with Gasteiger partial charge in [0, 0.05) is 17.1 Å². The van der Waals surface area contributed by atoms with E-state index < -0.39 is 0 Å². The standard InChI is InChI=1S/C10H7N4S/c11-9-5-7(6-15-9)8-1-3-12-10-2-4-13-14(8)10/h1,3-6H,11H2. The van der Waals surface area contributed by atoms with Gasteiger partial charge in [-0.05, 0) is 12.1 Å². The van der Waals surface area contributed by atoms with Gasteiger partial charge in [0.25, 0.3) is 0 Å². The van der Waals surface area contributed by atoms with Gasteiger partial charge in [-0.15, -0.1) is 11.3 Å². The van der Waals surface area contributed by atoms with Crippen LogP contribution in [-0.4, -0.2) is 14.6 Å². The number of nitrogen functional groups attached to an aromatic ring is 1. The van der Waals surface area contributed by atoms with Crippen LogP contribution in [0.25, 0.3) is 16.9 Å². The third-order valence-electron chi connectivity index (χ3n) is 2.14. The molecule has 0 amide bonds. The highest BCUT2D eigenvalue weighted by molar-refractivity contribution is 7.14. The van der Waals surface area contributed by atoms with E-state index >= 15 is 0 Å². The summed E-state index contributed by atoms with van der Waals surface area (Å²) in [5.41, 5.74) is 8.46. The molecular weight excluding hydrogens is 208 g/mol. The fourth-order valence-corrected chi connectivity index (χ4v) is 2.13. The van der Waals surface area contributed by atoms with Gasteiger partial charge in [0.05, 0.1) is 23.0 Å². The van der Waals surface area contributed by atoms with Crippen LogP contribution < -0.4 is 5.73 Å². The number of nitrogens with zero attached hydrogens (tertiary/aromatic N) is 3. The Hall–Kier alpha value is -1.88. The van der Waals surface area contributed by atoms with Crippen molar-refractivity contribution in [3.05, 3.63) is 36.0 Å². The molecule has 15 heavy (non-hydrogen) atoms. The van der Waals surface area contributed by atoms with Gasteiger partial charge in [-0.3, -0.25) is 0 Å². The highest BCUT2D eigenvalue weighted by Gasteiger charge is 2.06. The summed E-state index contributed by atoms with van der Waals surface area (Å²) in [7, 11) is 0. The van der Waals surface area contributed by atoms with E-state index in [1.807, 2.05) is 17.5 Å². The summed E-state index contributed by atoms with van der Waals surface area (Å²) in [6, 6.07) is 6.79. The molecule has 3 aromatic heterocycles. The molecule has 0 aliphatic rings. The Balaban J connectivity index is 2.30. The summed E-state index contributed by atoms with van der Waals surface area (Å²) >= 11 is 1.52. The third-order valence-corrected chi connectivity index (χ3v) is 2.90. The topological polar surface area (TPSA) is 56.2 Å². The monoisotopic (exact) mass is 215 g/mol. The maximum Gasteiger partial charge on any atom is 0.163 e. The first-order valence-electron chi connectivity index (χ1n) is 4.39. The molecule has 73 valence electrons. The smallest absolute Gasteiger partial charge is 0.163 e. The number of thiophene rings is 1. The molecule has 2 N–H and O–H groups in total. The van der Waals surface area contributed by atoms with Crippen LogP contribution in [0.2, 0.25) is 0 Å². The minimum atomic E-state index is 0.720. The largest absolute Gasteiger partial charge is 0.391 e. The molecule has 3 heterocycles. The van der Waals surface area contributed by atoms with Gasteiger partial charge in [-0.1, -0.05) is 0 Å². The SMILES string of the molecule is Nc1cc(-c2ccnc3[c]cnn23)cs1. The second-order valence-corrected chi connectivity index (χ2v) is 4.03. The number of rotatable bonds is 1. The van der Waals surface area contributed by atoms with E-state index in [9.17, 15) is 0 Å². The number of hydrogen-bond acceptors (Lipinski definition) is 4. The molecule has 3 rings (SSSR count). The number of fused-ring (bicyclic) bond motifs is 1. The maximum atomic E-state index is 5.70. The Morgan fingerprint density at radius 1 is 1.47 bits per heavy atom. The van der Waals surface area contributed by atoms with Crippen molar-refractivity contribution in [1.82, 2.24) is 14.6 Å². The number of aromatic nitrogens is 3. The molecule has 0 unspecified atom stereocenters. The van der Waals surface area contributed by atoms with Crippen LogP contribution in [0.4, 0.5) is 5.00 Å². The molecule has 0 aliphatic heterocycles. The van der Waals surface area contributed by atoms with Crippen molar-refractivity contribution >= 4 is 22.0 Å². The molecule has 0 bridgehead atoms. The maximum absolute atomic E-state index is 5.70. The van der Waals surface area contributed by atoms with Crippen LogP contribution in [-0.2, 0) is 0 Å². The number of nitrogens with two attached hydrogens (primary N) is 1. The van der Waals surface area contributed by atoms with E-state index in [0.717, 1.165) is 21.9 Å². The zero-order valence-corrected chi connectivity index (χ0v) is 8.53. The Labute approximate surface area is 90.0 Å². The highest BCUT2D eigenvalue weighted by atomic mass is 32.1. The van der Waals surface area contributed by atoms with Crippen LogP contribution in [0.3, 0.4) is 0 Å². The average molecular weight is 215 g/mol. The molecule has 0 fully saturated rings. The third kappa shape index (κ3) is 1.28. The highest BCUT2D eigenvalue weighted by Crippen LogP contribution is 2.26. The predicted octanol–water partition coefficient (Wildman–Crippen LogP) is 1.84. The number of anilines is 1. The van der Waals surface area contributed by atoms with Gasteiger partial charge >= 0.3 is 0 Å². The zero-order chi connectivity index (χ0) is 10.3. The van der Waals surface area contributed by atoms with Crippen molar-refractivity contribution in [3.8, 4) is 11.3 Å². The lowest BCUT2D eigenvalue weighted by molar-refractivity contribution is 0.949. The molecule has 5 heteroatoms. The molecule has 0 saturated carbocycles. The summed E-state index contributed by atoms with van der Waals surface area (Å²) in [6.45, 7) is 0. The minimum Gasteiger partial charge on any atom is -0.391 e. The molecule has 0 aromatic carbocycles. The zero-order valence-electron chi connectivity index (χ0n) is 7.71. The summed E-state index contributed by atoms with van der Waals surface area (Å²) in [6.07, 6.45) is 3.36. The van der Waals surface area contributed by atoms with E-state index in [1.54, 1.807) is 16.9 Å². The summed E-state index contributed by atoms with van der Waals surface area (Å²) in [5.74, 6) is 0. The van der Waals surface area contributed by atoms with E-state index in [1.165, 1.54) is 11.3 Å². The average Bonchev–Trinajstić information content (AvgIpc) is 2.84. The van der Waals surface area contributed by atoms with Crippen molar-refractivity contribution in [3.63, 3.8) is 0 Å². The molecule has 4 nitrogen and oxygen atoms in total. The quantitative estimate of drug-likeness (QED) is 0.673. The van der Waals surface area contributed by atoms with Gasteiger partial charge in [0.15, 0.2) is 5.65 Å². The van der Waals surface area contributed by atoms with Gasteiger partial charge in [0.2, 0.25) is 0 Å². The molecular formula is C10H7N4S. The lowest BCUT2D eigenvalue weighted by atomic mass is 10.2. The Morgan fingerprint density at radius 2 is 2.40 bits per heavy atom. The van der Waals surface area contributed by atoms with Gasteiger partial charge < -0.3 is 5.73 Å². The van der Waals surface area contributed by atoms with Crippen LogP contribution in [0.5, 0.6) is 0 Å². The first-order chi connectivity index (χ1) is 7.34. The van der Waals surface area contributed by atoms with E-state index in [2.05, 4.69) is 16.1 Å². The lowest BCUT2D eigenvalue weighted by Crippen LogP contribution is -1.94.